The first-order valence-corrected chi connectivity index (χ1v) is 11.8. The first-order chi connectivity index (χ1) is 14.9. The van der Waals surface area contributed by atoms with E-state index in [9.17, 15) is 18.5 Å². The molecule has 164 valence electrons. The second-order valence-electron chi connectivity index (χ2n) is 8.29. The number of non-ortho nitro benzene ring substituents is 1. The Labute approximate surface area is 180 Å². The Bertz CT molecular complexity index is 1090. The van der Waals surface area contributed by atoms with E-state index < -0.39 is 14.9 Å². The van der Waals surface area contributed by atoms with E-state index in [0.29, 0.717) is 12.1 Å². The number of hydrogen-bond donors (Lipinski definition) is 1. The molecule has 0 saturated carbocycles. The Hall–Kier alpha value is -2.69. The third-order valence-electron chi connectivity index (χ3n) is 6.37. The zero-order valence-corrected chi connectivity index (χ0v) is 17.6. The molecule has 5 rings (SSSR count). The summed E-state index contributed by atoms with van der Waals surface area (Å²) >= 11 is 0. The van der Waals surface area contributed by atoms with Crippen molar-refractivity contribution >= 4 is 15.7 Å². The molecule has 3 aliphatic heterocycles. The molecule has 0 aromatic heterocycles. The van der Waals surface area contributed by atoms with E-state index in [1.165, 1.54) is 24.3 Å². The summed E-state index contributed by atoms with van der Waals surface area (Å²) in [5, 5.41) is 10.8. The number of nitro benzene ring substituents is 1. The smallest absolute Gasteiger partial charge is 0.269 e. The van der Waals surface area contributed by atoms with Crippen molar-refractivity contribution < 1.29 is 22.8 Å². The molecule has 3 aliphatic rings. The number of benzene rings is 2. The fourth-order valence-corrected chi connectivity index (χ4v) is 6.17. The number of rotatable bonds is 6. The van der Waals surface area contributed by atoms with Gasteiger partial charge in [-0.15, -0.1) is 0 Å². The molecule has 2 unspecified atom stereocenters. The van der Waals surface area contributed by atoms with Gasteiger partial charge in [0.25, 0.3) is 5.69 Å². The van der Waals surface area contributed by atoms with E-state index in [4.69, 9.17) is 9.47 Å². The summed E-state index contributed by atoms with van der Waals surface area (Å²) < 4.78 is 39.2. The Morgan fingerprint density at radius 2 is 1.71 bits per heavy atom. The first kappa shape index (κ1) is 20.2. The number of hydrogen-bond acceptors (Lipinski definition) is 7. The molecule has 9 nitrogen and oxygen atoms in total. The third-order valence-corrected chi connectivity index (χ3v) is 7.90. The Balaban J connectivity index is 1.25. The van der Waals surface area contributed by atoms with Crippen molar-refractivity contribution in [3.05, 3.63) is 58.1 Å². The quantitative estimate of drug-likeness (QED) is 0.538. The van der Waals surface area contributed by atoms with Crippen molar-refractivity contribution in [2.45, 2.75) is 55.2 Å². The lowest BCUT2D eigenvalue weighted by molar-refractivity contribution is -0.384. The van der Waals surface area contributed by atoms with Crippen LogP contribution in [0, 0.1) is 10.1 Å². The van der Waals surface area contributed by atoms with Crippen LogP contribution in [-0.2, 0) is 16.6 Å². The van der Waals surface area contributed by atoms with Gasteiger partial charge in [0.15, 0.2) is 11.5 Å². The molecule has 31 heavy (non-hydrogen) atoms. The molecule has 3 heterocycles. The molecule has 0 aliphatic carbocycles. The van der Waals surface area contributed by atoms with Crippen molar-refractivity contribution in [2.24, 2.45) is 0 Å². The van der Waals surface area contributed by atoms with Crippen LogP contribution in [0.1, 0.15) is 31.2 Å². The molecular weight excluding hydrogens is 422 g/mol. The predicted molar refractivity (Wildman–Crippen MR) is 111 cm³/mol. The van der Waals surface area contributed by atoms with Crippen LogP contribution in [0.4, 0.5) is 5.69 Å². The van der Waals surface area contributed by atoms with Gasteiger partial charge < -0.3 is 9.47 Å². The maximum atomic E-state index is 12.8. The molecule has 2 aromatic rings. The minimum Gasteiger partial charge on any atom is -0.454 e. The fourth-order valence-electron chi connectivity index (χ4n) is 4.91. The van der Waals surface area contributed by atoms with E-state index in [1.54, 1.807) is 0 Å². The molecule has 2 saturated heterocycles. The molecule has 10 heteroatoms. The van der Waals surface area contributed by atoms with Crippen molar-refractivity contribution in [1.29, 1.82) is 0 Å². The Kier molecular flexibility index (Phi) is 5.07. The average molecular weight is 445 g/mol. The Morgan fingerprint density at radius 3 is 2.39 bits per heavy atom. The molecule has 2 aromatic carbocycles. The SMILES string of the molecule is O=[N+]([O-])c1ccc(S(=O)(=O)NC2CC3CCC(C2)N3Cc2ccc3c(c2)OCO3)cc1. The summed E-state index contributed by atoms with van der Waals surface area (Å²) in [4.78, 5) is 12.8. The molecular formula is C21H23N3O6S. The van der Waals surface area contributed by atoms with Gasteiger partial charge in [-0.25, -0.2) is 13.1 Å². The zero-order valence-electron chi connectivity index (χ0n) is 16.8. The highest BCUT2D eigenvalue weighted by Gasteiger charge is 2.41. The molecule has 2 atom stereocenters. The van der Waals surface area contributed by atoms with Gasteiger partial charge in [0.2, 0.25) is 16.8 Å². The lowest BCUT2D eigenvalue weighted by atomic mass is 9.97. The third kappa shape index (κ3) is 3.98. The minimum absolute atomic E-state index is 0.0493. The second-order valence-corrected chi connectivity index (χ2v) is 10.00. The van der Waals surface area contributed by atoms with Gasteiger partial charge in [-0.3, -0.25) is 15.0 Å². The maximum Gasteiger partial charge on any atom is 0.269 e. The van der Waals surface area contributed by atoms with Crippen LogP contribution < -0.4 is 14.2 Å². The number of nitrogens with one attached hydrogen (secondary N) is 1. The van der Waals surface area contributed by atoms with Gasteiger partial charge in [0.1, 0.15) is 0 Å². The maximum absolute atomic E-state index is 12.8. The normalized spacial score (nSPS) is 25.0. The van der Waals surface area contributed by atoms with E-state index >= 15 is 0 Å². The highest BCUT2D eigenvalue weighted by Crippen LogP contribution is 2.39. The number of sulfonamides is 1. The van der Waals surface area contributed by atoms with Crippen LogP contribution in [0.5, 0.6) is 11.5 Å². The number of piperidine rings is 1. The van der Waals surface area contributed by atoms with Gasteiger partial charge >= 0.3 is 0 Å². The fraction of sp³-hybridized carbons (Fsp3) is 0.429. The van der Waals surface area contributed by atoms with Crippen LogP contribution in [0.3, 0.4) is 0 Å². The molecule has 2 fully saturated rings. The van der Waals surface area contributed by atoms with Crippen LogP contribution in [-0.4, -0.2) is 43.2 Å². The number of fused-ring (bicyclic) bond motifs is 3. The predicted octanol–water partition coefficient (Wildman–Crippen LogP) is 2.80. The van der Waals surface area contributed by atoms with Gasteiger partial charge in [-0.1, -0.05) is 6.07 Å². The topological polar surface area (TPSA) is 111 Å². The average Bonchev–Trinajstić information content (AvgIpc) is 3.29. The summed E-state index contributed by atoms with van der Waals surface area (Å²) in [7, 11) is -3.73. The lowest BCUT2D eigenvalue weighted by Gasteiger charge is -2.39. The zero-order chi connectivity index (χ0) is 21.6. The monoisotopic (exact) mass is 445 g/mol. The van der Waals surface area contributed by atoms with Crippen molar-refractivity contribution in [3.8, 4) is 11.5 Å². The van der Waals surface area contributed by atoms with Crippen molar-refractivity contribution in [1.82, 2.24) is 9.62 Å². The van der Waals surface area contributed by atoms with E-state index in [1.807, 2.05) is 12.1 Å². The van der Waals surface area contributed by atoms with Crippen LogP contribution in [0.25, 0.3) is 0 Å². The van der Waals surface area contributed by atoms with Crippen molar-refractivity contribution in [3.63, 3.8) is 0 Å². The molecule has 2 bridgehead atoms. The summed E-state index contributed by atoms with van der Waals surface area (Å²) in [5.41, 5.74) is 1.03. The largest absolute Gasteiger partial charge is 0.454 e. The summed E-state index contributed by atoms with van der Waals surface area (Å²) in [5.74, 6) is 1.54. The van der Waals surface area contributed by atoms with Crippen molar-refractivity contribution in [2.75, 3.05) is 6.79 Å². The number of ether oxygens (including phenoxy) is 2. The summed E-state index contributed by atoms with van der Waals surface area (Å²) in [6.45, 7) is 1.05. The number of nitrogens with zero attached hydrogens (tertiary/aromatic N) is 2. The van der Waals surface area contributed by atoms with Gasteiger partial charge in [-0.05, 0) is 55.5 Å². The molecule has 1 N–H and O–H groups in total. The molecule has 0 amide bonds. The highest BCUT2D eigenvalue weighted by atomic mass is 32.2. The van der Waals surface area contributed by atoms with Crippen LogP contribution >= 0.6 is 0 Å². The van der Waals surface area contributed by atoms with Gasteiger partial charge in [0.05, 0.1) is 9.82 Å². The standard InChI is InChI=1S/C21H23N3O6S/c25-24(26)16-4-6-19(7-5-16)31(27,28)22-15-10-17-2-3-18(11-15)23(17)12-14-1-8-20-21(9-14)30-13-29-20/h1,4-9,15,17-18,22H,2-3,10-13H2. The van der Waals surface area contributed by atoms with Crippen LogP contribution in [0.2, 0.25) is 0 Å². The Morgan fingerprint density at radius 1 is 1.03 bits per heavy atom. The number of nitro groups is 1. The molecule has 0 spiro atoms. The second kappa shape index (κ2) is 7.77. The van der Waals surface area contributed by atoms with E-state index in [2.05, 4.69) is 15.7 Å². The summed E-state index contributed by atoms with van der Waals surface area (Å²) in [6, 6.07) is 11.5. The van der Waals surface area contributed by atoms with E-state index in [0.717, 1.165) is 49.3 Å². The lowest BCUT2D eigenvalue weighted by Crippen LogP contribution is -2.49. The highest BCUT2D eigenvalue weighted by molar-refractivity contribution is 7.89. The van der Waals surface area contributed by atoms with Gasteiger partial charge in [0, 0.05) is 36.8 Å². The summed E-state index contributed by atoms with van der Waals surface area (Å²) in [6.07, 6.45) is 3.58. The minimum atomic E-state index is -3.73. The van der Waals surface area contributed by atoms with Gasteiger partial charge in [-0.2, -0.15) is 0 Å². The van der Waals surface area contributed by atoms with E-state index in [-0.39, 0.29) is 23.4 Å². The van der Waals surface area contributed by atoms with Crippen LogP contribution in [0.15, 0.2) is 47.4 Å². The first-order valence-electron chi connectivity index (χ1n) is 10.3. The molecule has 0 radical (unpaired) electrons.